The number of halogens is 4. The molecule has 18 heavy (non-hydrogen) atoms. The second kappa shape index (κ2) is 4.25. The van der Waals surface area contributed by atoms with Gasteiger partial charge >= 0.3 is 6.18 Å². The van der Waals surface area contributed by atoms with Gasteiger partial charge in [0.25, 0.3) is 0 Å². The molecule has 1 aromatic carbocycles. The van der Waals surface area contributed by atoms with Gasteiger partial charge in [-0.1, -0.05) is 0 Å². The van der Waals surface area contributed by atoms with Crippen molar-refractivity contribution in [2.45, 2.75) is 6.18 Å². The number of rotatable bonds is 1. The zero-order chi connectivity index (χ0) is 13.3. The number of alkyl halides is 3. The van der Waals surface area contributed by atoms with Crippen molar-refractivity contribution < 1.29 is 22.7 Å². The molecule has 2 rings (SSSR count). The Balaban J connectivity index is 2.45. The molecule has 94 valence electrons. The average molecular weight is 258 g/mol. The summed E-state index contributed by atoms with van der Waals surface area (Å²) in [5, 5.41) is 15.8. The molecule has 1 aromatic heterocycles. The Kier molecular flexibility index (Phi) is 2.90. The summed E-state index contributed by atoms with van der Waals surface area (Å²) in [6, 6.07) is 5.26. The lowest BCUT2D eigenvalue weighted by Gasteiger charge is -2.07. The molecule has 3 nitrogen and oxygen atoms in total. The highest BCUT2D eigenvalue weighted by Crippen LogP contribution is 2.33. The average Bonchev–Trinajstić information content (AvgIpc) is 2.29. The second-order valence-corrected chi connectivity index (χ2v) is 3.47. The molecule has 0 unspecified atom stereocenters. The van der Waals surface area contributed by atoms with Gasteiger partial charge in [-0.2, -0.15) is 13.2 Å². The Morgan fingerprint density at radius 1 is 1.00 bits per heavy atom. The summed E-state index contributed by atoms with van der Waals surface area (Å²) < 4.78 is 49.6. The van der Waals surface area contributed by atoms with Crippen LogP contribution in [0.4, 0.5) is 17.6 Å². The summed E-state index contributed by atoms with van der Waals surface area (Å²) in [6.07, 6.45) is -4.67. The van der Waals surface area contributed by atoms with Gasteiger partial charge in [0.2, 0.25) is 0 Å². The summed E-state index contributed by atoms with van der Waals surface area (Å²) >= 11 is 0. The largest absolute Gasteiger partial charge is 0.506 e. The molecule has 2 aromatic rings. The van der Waals surface area contributed by atoms with Crippen LogP contribution >= 0.6 is 0 Å². The van der Waals surface area contributed by atoms with E-state index in [9.17, 15) is 22.7 Å². The maximum absolute atomic E-state index is 12.7. The number of benzene rings is 1. The van der Waals surface area contributed by atoms with Crippen LogP contribution in [0.2, 0.25) is 0 Å². The van der Waals surface area contributed by atoms with Gasteiger partial charge < -0.3 is 5.11 Å². The predicted octanol–water partition coefficient (Wildman–Crippen LogP) is 3.01. The number of hydrogen-bond donors (Lipinski definition) is 1. The third kappa shape index (κ3) is 2.39. The Hall–Kier alpha value is -2.18. The van der Waals surface area contributed by atoms with Crippen LogP contribution < -0.4 is 0 Å². The molecule has 0 aliphatic carbocycles. The van der Waals surface area contributed by atoms with Gasteiger partial charge in [-0.05, 0) is 24.3 Å². The van der Waals surface area contributed by atoms with Crippen LogP contribution in [-0.4, -0.2) is 15.3 Å². The third-order valence-electron chi connectivity index (χ3n) is 2.18. The first-order valence-corrected chi connectivity index (χ1v) is 4.78. The van der Waals surface area contributed by atoms with Crippen molar-refractivity contribution in [1.29, 1.82) is 0 Å². The van der Waals surface area contributed by atoms with Crippen LogP contribution in [0, 0.1) is 5.82 Å². The van der Waals surface area contributed by atoms with Crippen molar-refractivity contribution in [1.82, 2.24) is 10.2 Å². The molecule has 0 saturated carbocycles. The molecule has 1 heterocycles. The Morgan fingerprint density at radius 2 is 1.61 bits per heavy atom. The standard InChI is InChI=1S/C11H6F4N2O/c12-7-3-1-6(2-4-7)10-8(18)5-9(16-17-10)11(13,14)15/h1-5H,(H,16,18). The quantitative estimate of drug-likeness (QED) is 0.800. The van der Waals surface area contributed by atoms with E-state index in [0.717, 1.165) is 12.1 Å². The molecule has 0 amide bonds. The molecule has 0 saturated heterocycles. The van der Waals surface area contributed by atoms with Crippen LogP contribution in [0.25, 0.3) is 11.3 Å². The lowest BCUT2D eigenvalue weighted by Crippen LogP contribution is -2.09. The normalized spacial score (nSPS) is 11.6. The lowest BCUT2D eigenvalue weighted by atomic mass is 10.1. The van der Waals surface area contributed by atoms with Gasteiger partial charge in [-0.15, -0.1) is 10.2 Å². The topological polar surface area (TPSA) is 46.0 Å². The van der Waals surface area contributed by atoms with Crippen molar-refractivity contribution in [3.05, 3.63) is 41.8 Å². The first kappa shape index (κ1) is 12.3. The molecule has 1 N–H and O–H groups in total. The van der Waals surface area contributed by atoms with Crippen molar-refractivity contribution in [2.24, 2.45) is 0 Å². The summed E-state index contributed by atoms with van der Waals surface area (Å²) in [7, 11) is 0. The summed E-state index contributed by atoms with van der Waals surface area (Å²) in [5.41, 5.74) is -1.15. The maximum atomic E-state index is 12.7. The SMILES string of the molecule is Oc1cc(C(F)(F)F)nnc1-c1ccc(F)cc1. The predicted molar refractivity (Wildman–Crippen MR) is 54.1 cm³/mol. The van der Waals surface area contributed by atoms with Crippen molar-refractivity contribution >= 4 is 0 Å². The van der Waals surface area contributed by atoms with Gasteiger partial charge in [0.1, 0.15) is 17.3 Å². The van der Waals surface area contributed by atoms with Crippen LogP contribution in [0.3, 0.4) is 0 Å². The minimum atomic E-state index is -4.67. The fourth-order valence-electron chi connectivity index (χ4n) is 1.33. The van der Waals surface area contributed by atoms with E-state index >= 15 is 0 Å². The lowest BCUT2D eigenvalue weighted by molar-refractivity contribution is -0.141. The van der Waals surface area contributed by atoms with E-state index in [1.807, 2.05) is 0 Å². The zero-order valence-corrected chi connectivity index (χ0v) is 8.74. The van der Waals surface area contributed by atoms with E-state index in [2.05, 4.69) is 10.2 Å². The molecule has 0 bridgehead atoms. The number of hydrogen-bond acceptors (Lipinski definition) is 3. The van der Waals surface area contributed by atoms with Gasteiger partial charge in [-0.3, -0.25) is 0 Å². The number of nitrogens with zero attached hydrogens (tertiary/aromatic N) is 2. The molecule has 0 spiro atoms. The van der Waals surface area contributed by atoms with E-state index in [0.29, 0.717) is 6.07 Å². The zero-order valence-electron chi connectivity index (χ0n) is 8.74. The van der Waals surface area contributed by atoms with Gasteiger partial charge in [0.15, 0.2) is 5.69 Å². The van der Waals surface area contributed by atoms with Crippen LogP contribution in [0.1, 0.15) is 5.69 Å². The third-order valence-corrected chi connectivity index (χ3v) is 2.18. The molecule has 7 heteroatoms. The highest BCUT2D eigenvalue weighted by Gasteiger charge is 2.34. The maximum Gasteiger partial charge on any atom is 0.435 e. The van der Waals surface area contributed by atoms with Crippen molar-refractivity contribution in [3.8, 4) is 17.0 Å². The van der Waals surface area contributed by atoms with E-state index in [4.69, 9.17) is 0 Å². The van der Waals surface area contributed by atoms with Crippen LogP contribution in [-0.2, 0) is 6.18 Å². The van der Waals surface area contributed by atoms with E-state index in [1.165, 1.54) is 12.1 Å². The summed E-state index contributed by atoms with van der Waals surface area (Å²) in [4.78, 5) is 0. The molecular weight excluding hydrogens is 252 g/mol. The first-order chi connectivity index (χ1) is 8.38. The monoisotopic (exact) mass is 258 g/mol. The Labute approximate surface area is 98.7 Å². The minimum Gasteiger partial charge on any atom is -0.506 e. The highest BCUT2D eigenvalue weighted by molar-refractivity contribution is 5.65. The van der Waals surface area contributed by atoms with E-state index in [1.54, 1.807) is 0 Å². The Bertz CT molecular complexity index is 566. The van der Waals surface area contributed by atoms with Gasteiger partial charge in [0, 0.05) is 11.6 Å². The molecule has 0 aliphatic rings. The number of aromatic hydroxyl groups is 1. The van der Waals surface area contributed by atoms with Crippen molar-refractivity contribution in [2.75, 3.05) is 0 Å². The van der Waals surface area contributed by atoms with E-state index in [-0.39, 0.29) is 11.3 Å². The first-order valence-electron chi connectivity index (χ1n) is 4.78. The van der Waals surface area contributed by atoms with E-state index < -0.39 is 23.4 Å². The highest BCUT2D eigenvalue weighted by atomic mass is 19.4. The minimum absolute atomic E-state index is 0.136. The van der Waals surface area contributed by atoms with Crippen molar-refractivity contribution in [3.63, 3.8) is 0 Å². The molecule has 0 radical (unpaired) electrons. The summed E-state index contributed by atoms with van der Waals surface area (Å²) in [6.45, 7) is 0. The van der Waals surface area contributed by atoms with Gasteiger partial charge in [-0.25, -0.2) is 4.39 Å². The smallest absolute Gasteiger partial charge is 0.435 e. The molecular formula is C11H6F4N2O. The van der Waals surface area contributed by atoms with Gasteiger partial charge in [0.05, 0.1) is 0 Å². The molecule has 0 fully saturated rings. The van der Waals surface area contributed by atoms with Crippen LogP contribution in [0.15, 0.2) is 30.3 Å². The fourth-order valence-corrected chi connectivity index (χ4v) is 1.33. The summed E-state index contributed by atoms with van der Waals surface area (Å²) in [5.74, 6) is -1.16. The fraction of sp³-hybridized carbons (Fsp3) is 0.0909. The van der Waals surface area contributed by atoms with Crippen LogP contribution in [0.5, 0.6) is 5.75 Å². The molecule has 0 atom stereocenters. The molecule has 0 aliphatic heterocycles. The Morgan fingerprint density at radius 3 is 2.11 bits per heavy atom. The number of aromatic nitrogens is 2. The second-order valence-electron chi connectivity index (χ2n) is 3.47.